The number of benzene rings is 2. The number of rotatable bonds is 6. The maximum Gasteiger partial charge on any atom is 0.323 e. The van der Waals surface area contributed by atoms with E-state index in [1.54, 1.807) is 29.3 Å². The summed E-state index contributed by atoms with van der Waals surface area (Å²) in [6.45, 7) is 3.45. The zero-order valence-electron chi connectivity index (χ0n) is 19.4. The smallest absolute Gasteiger partial charge is 0.323 e. The fourth-order valence-corrected chi connectivity index (χ4v) is 3.96. The number of carbonyl (C=O) groups excluding carboxylic acids is 2. The van der Waals surface area contributed by atoms with Gasteiger partial charge in [-0.05, 0) is 67.4 Å². The second-order valence-electron chi connectivity index (χ2n) is 8.24. The molecule has 2 aromatic carbocycles. The van der Waals surface area contributed by atoms with Crippen LogP contribution >= 0.6 is 12.2 Å². The number of carbonyl (C=O) groups is 2. The van der Waals surface area contributed by atoms with Gasteiger partial charge in [-0.2, -0.15) is 0 Å². The average Bonchev–Trinajstić information content (AvgIpc) is 3.37. The molecule has 0 radical (unpaired) electrons. The van der Waals surface area contributed by atoms with Gasteiger partial charge >= 0.3 is 6.03 Å². The summed E-state index contributed by atoms with van der Waals surface area (Å²) in [5.41, 5.74) is 2.56. The Balaban J connectivity index is 1.32. The maximum atomic E-state index is 12.3. The molecular formula is C26H27N5O3S. The highest BCUT2D eigenvalue weighted by molar-refractivity contribution is 7.80. The van der Waals surface area contributed by atoms with Crippen molar-refractivity contribution in [3.05, 3.63) is 78.0 Å². The minimum Gasteiger partial charge on any atom is -0.457 e. The Kier molecular flexibility index (Phi) is 7.89. The van der Waals surface area contributed by atoms with E-state index in [1.807, 2.05) is 49.4 Å². The summed E-state index contributed by atoms with van der Waals surface area (Å²) in [5, 5.41) is 8.81. The lowest BCUT2D eigenvalue weighted by molar-refractivity contribution is -0.119. The van der Waals surface area contributed by atoms with Crippen LogP contribution in [-0.2, 0) is 11.2 Å². The highest BCUT2D eigenvalue weighted by Crippen LogP contribution is 2.27. The monoisotopic (exact) mass is 489 g/mol. The number of hydrogen-bond acceptors (Lipinski definition) is 5. The highest BCUT2D eigenvalue weighted by Gasteiger charge is 2.18. The number of aryl methyl sites for hydroxylation is 1. The lowest BCUT2D eigenvalue weighted by Crippen LogP contribution is -2.35. The van der Waals surface area contributed by atoms with Crippen LogP contribution in [0.5, 0.6) is 11.5 Å². The van der Waals surface area contributed by atoms with E-state index in [4.69, 9.17) is 17.0 Å². The van der Waals surface area contributed by atoms with Crippen LogP contribution in [0.3, 0.4) is 0 Å². The minimum atomic E-state index is -0.184. The number of hydrogen-bond donors (Lipinski definition) is 3. The highest BCUT2D eigenvalue weighted by atomic mass is 32.1. The number of pyridine rings is 1. The molecule has 0 bridgehead atoms. The summed E-state index contributed by atoms with van der Waals surface area (Å²) in [7, 11) is 0. The summed E-state index contributed by atoms with van der Waals surface area (Å²) in [5.74, 6) is 1.43. The Morgan fingerprint density at radius 3 is 2.49 bits per heavy atom. The molecule has 0 atom stereocenters. The molecule has 2 heterocycles. The number of thiocarbonyl (C=S) groups is 1. The SMILES string of the molecule is Cc1cc(Oc2ccnc(NC(=O)N3CCCC3)c2)ccc1NC(=S)NC(=O)Cc1ccccc1. The van der Waals surface area contributed by atoms with Crippen LogP contribution in [0.4, 0.5) is 16.3 Å². The molecule has 1 aliphatic rings. The molecule has 8 nitrogen and oxygen atoms in total. The van der Waals surface area contributed by atoms with E-state index in [-0.39, 0.29) is 23.5 Å². The van der Waals surface area contributed by atoms with E-state index in [0.29, 0.717) is 17.3 Å². The number of anilines is 2. The standard InChI is InChI=1S/C26H27N5O3S/c1-18-15-20(34-21-11-12-27-23(17-21)29-26(33)31-13-5-6-14-31)9-10-22(18)28-25(35)30-24(32)16-19-7-3-2-4-8-19/h2-4,7-12,15,17H,5-6,13-14,16H2,1H3,(H,27,29,33)(H2,28,30,32,35). The van der Waals surface area contributed by atoms with Crippen molar-refractivity contribution in [1.29, 1.82) is 0 Å². The summed E-state index contributed by atoms with van der Waals surface area (Å²) in [4.78, 5) is 30.5. The zero-order valence-corrected chi connectivity index (χ0v) is 20.2. The van der Waals surface area contributed by atoms with Crippen LogP contribution < -0.4 is 20.7 Å². The van der Waals surface area contributed by atoms with Gasteiger partial charge in [-0.1, -0.05) is 30.3 Å². The molecule has 3 N–H and O–H groups in total. The van der Waals surface area contributed by atoms with Crippen LogP contribution in [0.25, 0.3) is 0 Å². The van der Waals surface area contributed by atoms with Gasteiger partial charge in [0.2, 0.25) is 5.91 Å². The molecule has 1 aliphatic heterocycles. The molecule has 1 saturated heterocycles. The minimum absolute atomic E-state index is 0.148. The van der Waals surface area contributed by atoms with Gasteiger partial charge in [0.15, 0.2) is 5.11 Å². The molecule has 3 aromatic rings. The first-order chi connectivity index (χ1) is 17.0. The first-order valence-electron chi connectivity index (χ1n) is 11.4. The Hall–Kier alpha value is -3.98. The summed E-state index contributed by atoms with van der Waals surface area (Å²) in [6.07, 6.45) is 3.90. The molecule has 9 heteroatoms. The normalized spacial score (nSPS) is 12.7. The van der Waals surface area contributed by atoms with E-state index in [9.17, 15) is 9.59 Å². The van der Waals surface area contributed by atoms with Gasteiger partial charge in [-0.15, -0.1) is 0 Å². The Labute approximate surface area is 209 Å². The molecule has 0 aliphatic carbocycles. The molecule has 0 saturated carbocycles. The summed E-state index contributed by atoms with van der Waals surface area (Å²) in [6, 6.07) is 18.2. The number of aromatic nitrogens is 1. The number of nitrogens with zero attached hydrogens (tertiary/aromatic N) is 2. The topological polar surface area (TPSA) is 95.6 Å². The van der Waals surface area contributed by atoms with Crippen molar-refractivity contribution in [2.45, 2.75) is 26.2 Å². The Bertz CT molecular complexity index is 1210. The quantitative estimate of drug-likeness (QED) is 0.428. The first kappa shape index (κ1) is 24.2. The molecule has 4 rings (SSSR count). The van der Waals surface area contributed by atoms with Crippen molar-refractivity contribution in [3.63, 3.8) is 0 Å². The third kappa shape index (κ3) is 7.00. The van der Waals surface area contributed by atoms with Crippen molar-refractivity contribution < 1.29 is 14.3 Å². The number of likely N-dealkylation sites (tertiary alicyclic amines) is 1. The van der Waals surface area contributed by atoms with E-state index in [0.717, 1.165) is 42.7 Å². The van der Waals surface area contributed by atoms with E-state index >= 15 is 0 Å². The number of ether oxygens (including phenoxy) is 1. The molecule has 0 unspecified atom stereocenters. The zero-order chi connectivity index (χ0) is 24.6. The molecule has 0 spiro atoms. The number of urea groups is 1. The summed E-state index contributed by atoms with van der Waals surface area (Å²) < 4.78 is 5.96. The van der Waals surface area contributed by atoms with Gasteiger partial charge in [-0.3, -0.25) is 10.1 Å². The number of amides is 3. The fourth-order valence-electron chi connectivity index (χ4n) is 3.73. The lowest BCUT2D eigenvalue weighted by atomic mass is 10.1. The third-order valence-corrected chi connectivity index (χ3v) is 5.71. The van der Waals surface area contributed by atoms with Crippen LogP contribution in [0.15, 0.2) is 66.9 Å². The second-order valence-corrected chi connectivity index (χ2v) is 8.65. The van der Waals surface area contributed by atoms with Crippen molar-refractivity contribution in [3.8, 4) is 11.5 Å². The molecule has 1 aromatic heterocycles. The molecule has 35 heavy (non-hydrogen) atoms. The van der Waals surface area contributed by atoms with Gasteiger partial charge in [-0.25, -0.2) is 9.78 Å². The van der Waals surface area contributed by atoms with Crippen LogP contribution in [-0.4, -0.2) is 40.0 Å². The lowest BCUT2D eigenvalue weighted by Gasteiger charge is -2.16. The van der Waals surface area contributed by atoms with Gasteiger partial charge in [0.1, 0.15) is 17.3 Å². The van der Waals surface area contributed by atoms with Crippen molar-refractivity contribution in [1.82, 2.24) is 15.2 Å². The fraction of sp³-hybridized carbons (Fsp3) is 0.231. The second kappa shape index (κ2) is 11.4. The first-order valence-corrected chi connectivity index (χ1v) is 11.8. The van der Waals surface area contributed by atoms with Crippen LogP contribution in [0.1, 0.15) is 24.0 Å². The predicted octanol–water partition coefficient (Wildman–Crippen LogP) is 4.87. The average molecular weight is 490 g/mol. The Morgan fingerprint density at radius 2 is 1.74 bits per heavy atom. The van der Waals surface area contributed by atoms with Gasteiger partial charge in [0.25, 0.3) is 0 Å². The maximum absolute atomic E-state index is 12.3. The molecule has 1 fully saturated rings. The third-order valence-electron chi connectivity index (χ3n) is 5.50. The van der Waals surface area contributed by atoms with Gasteiger partial charge in [0, 0.05) is 31.0 Å². The summed E-state index contributed by atoms with van der Waals surface area (Å²) >= 11 is 5.30. The predicted molar refractivity (Wildman–Crippen MR) is 140 cm³/mol. The van der Waals surface area contributed by atoms with E-state index in [2.05, 4.69) is 20.9 Å². The number of nitrogens with one attached hydrogen (secondary N) is 3. The molecular weight excluding hydrogens is 462 g/mol. The van der Waals surface area contributed by atoms with Crippen molar-refractivity contribution in [2.75, 3.05) is 23.7 Å². The van der Waals surface area contributed by atoms with Gasteiger partial charge < -0.3 is 20.3 Å². The largest absolute Gasteiger partial charge is 0.457 e. The van der Waals surface area contributed by atoms with E-state index in [1.165, 1.54) is 0 Å². The van der Waals surface area contributed by atoms with Crippen LogP contribution in [0.2, 0.25) is 0 Å². The molecule has 3 amide bonds. The van der Waals surface area contributed by atoms with Gasteiger partial charge in [0.05, 0.1) is 6.42 Å². The van der Waals surface area contributed by atoms with Crippen molar-refractivity contribution >= 4 is 40.8 Å². The van der Waals surface area contributed by atoms with Crippen molar-refractivity contribution in [2.24, 2.45) is 0 Å². The molecule has 180 valence electrons. The van der Waals surface area contributed by atoms with E-state index < -0.39 is 0 Å². The van der Waals surface area contributed by atoms with Crippen LogP contribution in [0, 0.1) is 6.92 Å². The Morgan fingerprint density at radius 1 is 1.00 bits per heavy atom.